The molecule has 1 fully saturated rings. The van der Waals surface area contributed by atoms with Crippen LogP contribution in [0.15, 0.2) is 18.2 Å². The van der Waals surface area contributed by atoms with Crippen LogP contribution >= 0.6 is 0 Å². The van der Waals surface area contributed by atoms with Gasteiger partial charge in [-0.2, -0.15) is 0 Å². The highest BCUT2D eigenvalue weighted by Gasteiger charge is 2.19. The fourth-order valence-corrected chi connectivity index (χ4v) is 2.20. The minimum atomic E-state index is -0.443. The van der Waals surface area contributed by atoms with Gasteiger partial charge < -0.3 is 15.4 Å². The third-order valence-corrected chi connectivity index (χ3v) is 3.11. The lowest BCUT2D eigenvalue weighted by molar-refractivity contribution is -0.384. The lowest BCUT2D eigenvalue weighted by atomic mass is 10.1. The summed E-state index contributed by atoms with van der Waals surface area (Å²) in [7, 11) is 0. The summed E-state index contributed by atoms with van der Waals surface area (Å²) >= 11 is 0. The smallest absolute Gasteiger partial charge is 0.275 e. The fourth-order valence-electron chi connectivity index (χ4n) is 2.20. The van der Waals surface area contributed by atoms with Gasteiger partial charge in [-0.25, -0.2) is 0 Å². The molecule has 0 spiro atoms. The summed E-state index contributed by atoms with van der Waals surface area (Å²) in [5.74, 6) is 0.498. The number of amides is 1. The first kappa shape index (κ1) is 15.1. The van der Waals surface area contributed by atoms with Crippen LogP contribution in [-0.4, -0.2) is 29.5 Å². The van der Waals surface area contributed by atoms with Crippen molar-refractivity contribution >= 4 is 17.3 Å². The van der Waals surface area contributed by atoms with E-state index < -0.39 is 4.92 Å². The Bertz CT molecular complexity index is 535. The zero-order valence-corrected chi connectivity index (χ0v) is 12.1. The number of anilines is 1. The number of piperidine rings is 1. The number of hydrogen-bond donors (Lipinski definition) is 2. The van der Waals surface area contributed by atoms with E-state index in [0.29, 0.717) is 30.8 Å². The molecule has 1 aromatic carbocycles. The van der Waals surface area contributed by atoms with Crippen LogP contribution in [0, 0.1) is 10.1 Å². The molecule has 1 aromatic rings. The van der Waals surface area contributed by atoms with E-state index in [4.69, 9.17) is 4.74 Å². The monoisotopic (exact) mass is 293 g/mol. The molecule has 21 heavy (non-hydrogen) atoms. The van der Waals surface area contributed by atoms with Crippen LogP contribution < -0.4 is 15.4 Å². The maximum Gasteiger partial charge on any atom is 0.275 e. The third kappa shape index (κ3) is 4.34. The first-order valence-electron chi connectivity index (χ1n) is 6.93. The first-order chi connectivity index (χ1) is 9.94. The summed E-state index contributed by atoms with van der Waals surface area (Å²) in [5, 5.41) is 17.0. The molecule has 2 N–H and O–H groups in total. The second-order valence-electron chi connectivity index (χ2n) is 5.32. The van der Waals surface area contributed by atoms with E-state index >= 15 is 0 Å². The number of benzene rings is 1. The van der Waals surface area contributed by atoms with Crippen molar-refractivity contribution in [2.75, 3.05) is 11.9 Å². The molecule has 1 heterocycles. The number of carbonyl (C=O) groups is 1. The van der Waals surface area contributed by atoms with E-state index in [1.807, 2.05) is 13.8 Å². The van der Waals surface area contributed by atoms with Crippen LogP contribution in [0.25, 0.3) is 0 Å². The highest BCUT2D eigenvalue weighted by molar-refractivity contribution is 5.77. The Kier molecular flexibility index (Phi) is 4.62. The van der Waals surface area contributed by atoms with Gasteiger partial charge in [-0.1, -0.05) is 0 Å². The van der Waals surface area contributed by atoms with Gasteiger partial charge in [-0.05, 0) is 20.3 Å². The number of non-ortho nitro benzene ring substituents is 1. The molecule has 0 aromatic heterocycles. The van der Waals surface area contributed by atoms with E-state index in [2.05, 4.69) is 10.6 Å². The molecule has 1 unspecified atom stereocenters. The van der Waals surface area contributed by atoms with Crippen LogP contribution in [0.2, 0.25) is 0 Å². The van der Waals surface area contributed by atoms with Gasteiger partial charge >= 0.3 is 0 Å². The number of nitrogens with zero attached hydrogens (tertiary/aromatic N) is 1. The summed E-state index contributed by atoms with van der Waals surface area (Å²) in [6, 6.07) is 4.69. The molecule has 1 saturated heterocycles. The highest BCUT2D eigenvalue weighted by Crippen LogP contribution is 2.27. The summed E-state index contributed by atoms with van der Waals surface area (Å²) < 4.78 is 5.54. The number of nitrogens with one attached hydrogen (secondary N) is 2. The summed E-state index contributed by atoms with van der Waals surface area (Å²) in [6.45, 7) is 4.24. The Hall–Kier alpha value is -2.31. The molecule has 0 radical (unpaired) electrons. The number of hydrogen-bond acceptors (Lipinski definition) is 5. The van der Waals surface area contributed by atoms with Crippen LogP contribution in [0.4, 0.5) is 11.4 Å². The van der Waals surface area contributed by atoms with Crippen LogP contribution in [0.5, 0.6) is 5.75 Å². The van der Waals surface area contributed by atoms with Gasteiger partial charge in [-0.3, -0.25) is 14.9 Å². The minimum absolute atomic E-state index is 0.0181. The number of ether oxygens (including phenoxy) is 1. The fraction of sp³-hybridized carbons (Fsp3) is 0.500. The number of nitro groups is 1. The van der Waals surface area contributed by atoms with Gasteiger partial charge in [0.15, 0.2) is 0 Å². The lowest BCUT2D eigenvalue weighted by Crippen LogP contribution is -2.41. The standard InChI is InChI=1S/C14H19N3O4/c1-9(2)21-13-6-11(5-12(7-13)17(19)20)16-10-3-4-14(18)15-8-10/h5-7,9-10,16H,3-4,8H2,1-2H3,(H,15,18). The molecule has 1 aliphatic heterocycles. The van der Waals surface area contributed by atoms with Crippen molar-refractivity contribution in [3.8, 4) is 5.75 Å². The predicted octanol–water partition coefficient (Wildman–Crippen LogP) is 2.07. The Morgan fingerprint density at radius 1 is 1.43 bits per heavy atom. The molecule has 1 atom stereocenters. The van der Waals surface area contributed by atoms with E-state index in [0.717, 1.165) is 0 Å². The second kappa shape index (κ2) is 6.43. The maximum absolute atomic E-state index is 11.1. The number of rotatable bonds is 5. The molecular formula is C14H19N3O4. The highest BCUT2D eigenvalue weighted by atomic mass is 16.6. The summed E-state index contributed by atoms with van der Waals surface area (Å²) in [5.41, 5.74) is 0.608. The van der Waals surface area contributed by atoms with Crippen molar-refractivity contribution in [1.82, 2.24) is 5.32 Å². The van der Waals surface area contributed by atoms with Crippen LogP contribution in [-0.2, 0) is 4.79 Å². The molecule has 1 aliphatic rings. The van der Waals surface area contributed by atoms with Crippen molar-refractivity contribution in [3.63, 3.8) is 0 Å². The average molecular weight is 293 g/mol. The lowest BCUT2D eigenvalue weighted by Gasteiger charge is -2.24. The normalized spacial score (nSPS) is 18.2. The Morgan fingerprint density at radius 2 is 2.19 bits per heavy atom. The zero-order valence-electron chi connectivity index (χ0n) is 12.1. The van der Waals surface area contributed by atoms with Gasteiger partial charge in [0, 0.05) is 36.8 Å². The van der Waals surface area contributed by atoms with E-state index in [1.54, 1.807) is 6.07 Å². The first-order valence-corrected chi connectivity index (χ1v) is 6.93. The predicted molar refractivity (Wildman–Crippen MR) is 78.5 cm³/mol. The van der Waals surface area contributed by atoms with E-state index in [-0.39, 0.29) is 23.7 Å². The quantitative estimate of drug-likeness (QED) is 0.640. The minimum Gasteiger partial charge on any atom is -0.491 e. The molecule has 2 rings (SSSR count). The molecule has 1 amide bonds. The molecule has 0 saturated carbocycles. The van der Waals surface area contributed by atoms with E-state index in [9.17, 15) is 14.9 Å². The molecule has 0 aliphatic carbocycles. The maximum atomic E-state index is 11.1. The van der Waals surface area contributed by atoms with Gasteiger partial charge in [-0.15, -0.1) is 0 Å². The number of nitro benzene ring substituents is 1. The SMILES string of the molecule is CC(C)Oc1cc(NC2CCC(=O)NC2)cc([N+](=O)[O-])c1. The zero-order chi connectivity index (χ0) is 15.4. The third-order valence-electron chi connectivity index (χ3n) is 3.11. The van der Waals surface area contributed by atoms with Crippen molar-refractivity contribution in [3.05, 3.63) is 28.3 Å². The topological polar surface area (TPSA) is 93.5 Å². The van der Waals surface area contributed by atoms with Gasteiger partial charge in [0.2, 0.25) is 5.91 Å². The Morgan fingerprint density at radius 3 is 2.76 bits per heavy atom. The summed E-state index contributed by atoms with van der Waals surface area (Å²) in [4.78, 5) is 21.7. The van der Waals surface area contributed by atoms with Crippen molar-refractivity contribution in [1.29, 1.82) is 0 Å². The van der Waals surface area contributed by atoms with Crippen molar-refractivity contribution < 1.29 is 14.5 Å². The molecule has 7 nitrogen and oxygen atoms in total. The van der Waals surface area contributed by atoms with Crippen molar-refractivity contribution in [2.24, 2.45) is 0 Å². The van der Waals surface area contributed by atoms with Gasteiger partial charge in [0.1, 0.15) is 5.75 Å². The van der Waals surface area contributed by atoms with Gasteiger partial charge in [0.05, 0.1) is 17.1 Å². The summed E-state index contributed by atoms with van der Waals surface area (Å²) in [6.07, 6.45) is 1.10. The second-order valence-corrected chi connectivity index (χ2v) is 5.32. The number of carbonyl (C=O) groups excluding carboxylic acids is 1. The Balaban J connectivity index is 2.15. The molecule has 7 heteroatoms. The Labute approximate surface area is 122 Å². The largest absolute Gasteiger partial charge is 0.491 e. The molecule has 0 bridgehead atoms. The van der Waals surface area contributed by atoms with Gasteiger partial charge in [0.25, 0.3) is 5.69 Å². The van der Waals surface area contributed by atoms with Crippen LogP contribution in [0.3, 0.4) is 0 Å². The van der Waals surface area contributed by atoms with E-state index in [1.165, 1.54) is 12.1 Å². The molecular weight excluding hydrogens is 274 g/mol. The van der Waals surface area contributed by atoms with Crippen molar-refractivity contribution in [2.45, 2.75) is 38.8 Å². The average Bonchev–Trinajstić information content (AvgIpc) is 2.40. The van der Waals surface area contributed by atoms with Crippen LogP contribution in [0.1, 0.15) is 26.7 Å². The molecule has 114 valence electrons.